The van der Waals surface area contributed by atoms with E-state index in [1.165, 1.54) is 6.20 Å². The summed E-state index contributed by atoms with van der Waals surface area (Å²) in [7, 11) is 0. The van der Waals surface area contributed by atoms with Crippen LogP contribution in [0.25, 0.3) is 11.2 Å². The molecule has 5 rings (SSSR count). The Kier molecular flexibility index (Phi) is 4.71. The van der Waals surface area contributed by atoms with Gasteiger partial charge in [0.05, 0.1) is 26.3 Å². The summed E-state index contributed by atoms with van der Waals surface area (Å²) in [4.78, 5) is 13.1. The van der Waals surface area contributed by atoms with Crippen LogP contribution in [0, 0.1) is 17.5 Å². The first-order chi connectivity index (χ1) is 16.5. The van der Waals surface area contributed by atoms with Gasteiger partial charge < -0.3 is 20.5 Å². The molecular formula is C21H23F3N6O2. The van der Waals surface area contributed by atoms with E-state index in [4.69, 9.17) is 8.85 Å². The van der Waals surface area contributed by atoms with Gasteiger partial charge in [-0.25, -0.2) is 23.1 Å². The van der Waals surface area contributed by atoms with Crippen molar-refractivity contribution in [1.82, 2.24) is 19.5 Å². The van der Waals surface area contributed by atoms with Gasteiger partial charge in [-0.3, -0.25) is 4.57 Å². The Morgan fingerprint density at radius 3 is 2.69 bits per heavy atom. The normalized spacial score (nSPS) is 28.8. The third kappa shape index (κ3) is 4.09. The van der Waals surface area contributed by atoms with Crippen molar-refractivity contribution in [1.29, 1.82) is 0 Å². The summed E-state index contributed by atoms with van der Waals surface area (Å²) < 4.78 is 72.8. The summed E-state index contributed by atoms with van der Waals surface area (Å²) in [6.45, 7) is 0.804. The molecular weight excluding hydrogens is 425 g/mol. The quantitative estimate of drug-likeness (QED) is 0.545. The van der Waals surface area contributed by atoms with E-state index in [0.717, 1.165) is 0 Å². The minimum atomic E-state index is -2.16. The molecule has 2 fully saturated rings. The molecule has 0 amide bonds. The maximum Gasteiger partial charge on any atom is 0.224 e. The Labute approximate surface area is 186 Å². The predicted molar refractivity (Wildman–Crippen MR) is 111 cm³/mol. The van der Waals surface area contributed by atoms with Crippen LogP contribution in [-0.4, -0.2) is 50.0 Å². The average molecular weight is 451 g/mol. The number of aliphatic hydroxyl groups is 1. The third-order valence-corrected chi connectivity index (χ3v) is 5.56. The number of anilines is 3. The highest BCUT2D eigenvalue weighted by molar-refractivity contribution is 5.76. The van der Waals surface area contributed by atoms with E-state index in [0.29, 0.717) is 49.4 Å². The van der Waals surface area contributed by atoms with Gasteiger partial charge in [-0.05, 0) is 32.1 Å². The van der Waals surface area contributed by atoms with E-state index < -0.39 is 41.6 Å². The van der Waals surface area contributed by atoms with Crippen LogP contribution in [0.15, 0.2) is 18.3 Å². The molecule has 1 saturated carbocycles. The van der Waals surface area contributed by atoms with E-state index in [-0.39, 0.29) is 30.8 Å². The van der Waals surface area contributed by atoms with Crippen LogP contribution in [0.1, 0.15) is 42.2 Å². The Bertz CT molecular complexity index is 1250. The maximum absolute atomic E-state index is 14.3. The van der Waals surface area contributed by atoms with Crippen LogP contribution in [0.3, 0.4) is 0 Å². The summed E-state index contributed by atoms with van der Waals surface area (Å²) in [5, 5.41) is 15.7. The largest absolute Gasteiger partial charge is 0.393 e. The molecule has 3 atom stereocenters. The van der Waals surface area contributed by atoms with Gasteiger partial charge in [0, 0.05) is 27.5 Å². The number of fused-ring (bicyclic) bond motifs is 1. The van der Waals surface area contributed by atoms with Gasteiger partial charge in [-0.2, -0.15) is 4.98 Å². The fourth-order valence-electron chi connectivity index (χ4n) is 3.94. The van der Waals surface area contributed by atoms with E-state index >= 15 is 0 Å². The molecule has 0 bridgehead atoms. The zero-order valence-electron chi connectivity index (χ0n) is 19.9. The highest BCUT2D eigenvalue weighted by Gasteiger charge is 2.27. The molecule has 1 aromatic carbocycles. The molecule has 0 spiro atoms. The number of imidazole rings is 1. The lowest BCUT2D eigenvalue weighted by Crippen LogP contribution is -2.29. The Morgan fingerprint density at radius 2 is 1.97 bits per heavy atom. The van der Waals surface area contributed by atoms with Crippen molar-refractivity contribution in [2.75, 3.05) is 23.8 Å². The highest BCUT2D eigenvalue weighted by atomic mass is 19.1. The van der Waals surface area contributed by atoms with Gasteiger partial charge in [0.25, 0.3) is 0 Å². The minimum Gasteiger partial charge on any atom is -0.393 e. The zero-order chi connectivity index (χ0) is 25.0. The van der Waals surface area contributed by atoms with Crippen molar-refractivity contribution in [2.24, 2.45) is 0 Å². The second-order valence-corrected chi connectivity index (χ2v) is 7.80. The second-order valence-electron chi connectivity index (χ2n) is 7.80. The molecule has 170 valence electrons. The van der Waals surface area contributed by atoms with Crippen molar-refractivity contribution in [3.8, 4) is 0 Å². The molecule has 1 saturated heterocycles. The first-order valence-corrected chi connectivity index (χ1v) is 10.3. The molecule has 3 heterocycles. The van der Waals surface area contributed by atoms with Gasteiger partial charge in [0.2, 0.25) is 11.9 Å². The Morgan fingerprint density at radius 1 is 1.16 bits per heavy atom. The van der Waals surface area contributed by atoms with E-state index in [9.17, 15) is 18.3 Å². The van der Waals surface area contributed by atoms with Crippen LogP contribution in [0.5, 0.6) is 0 Å². The number of hydrogen-bond donors (Lipinski definition) is 3. The third-order valence-electron chi connectivity index (χ3n) is 5.56. The second kappa shape index (κ2) is 8.55. The molecule has 1 aliphatic carbocycles. The lowest BCUT2D eigenvalue weighted by molar-refractivity contribution is 0.126. The summed E-state index contributed by atoms with van der Waals surface area (Å²) in [6.07, 6.45) is -2.07. The molecule has 1 aliphatic heterocycles. The number of hydrogen-bond acceptors (Lipinski definition) is 7. The van der Waals surface area contributed by atoms with Crippen LogP contribution < -0.4 is 10.6 Å². The first-order valence-electron chi connectivity index (χ1n) is 11.8. The molecule has 32 heavy (non-hydrogen) atoms. The lowest BCUT2D eigenvalue weighted by atomic mass is 9.93. The first kappa shape index (κ1) is 17.6. The van der Waals surface area contributed by atoms with Crippen LogP contribution in [0.4, 0.5) is 30.8 Å². The number of aromatic nitrogens is 4. The molecule has 3 unspecified atom stereocenters. The van der Waals surface area contributed by atoms with Gasteiger partial charge in [0.1, 0.15) is 17.0 Å². The van der Waals surface area contributed by atoms with Crippen LogP contribution >= 0.6 is 0 Å². The van der Waals surface area contributed by atoms with Crippen molar-refractivity contribution in [3.63, 3.8) is 0 Å². The lowest BCUT2D eigenvalue weighted by Gasteiger charge is -2.26. The molecule has 3 N–H and O–H groups in total. The monoisotopic (exact) mass is 451 g/mol. The van der Waals surface area contributed by atoms with Gasteiger partial charge in [0.15, 0.2) is 17.3 Å². The van der Waals surface area contributed by atoms with Gasteiger partial charge in [-0.15, -0.1) is 0 Å². The summed E-state index contributed by atoms with van der Waals surface area (Å²) in [6, 6.07) is 0.484. The summed E-state index contributed by atoms with van der Waals surface area (Å²) in [5.41, 5.74) is 0.145. The smallest absolute Gasteiger partial charge is 0.224 e. The average Bonchev–Trinajstić information content (AvgIpc) is 3.40. The summed E-state index contributed by atoms with van der Waals surface area (Å²) in [5.74, 6) is -3.00. The number of nitrogens with zero attached hydrogens (tertiary/aromatic N) is 4. The highest BCUT2D eigenvalue weighted by Crippen LogP contribution is 2.32. The topological polar surface area (TPSA) is 97.1 Å². The molecule has 3 aromatic rings. The van der Waals surface area contributed by atoms with Gasteiger partial charge in [-0.1, -0.05) is 0 Å². The molecule has 11 heteroatoms. The fourth-order valence-corrected chi connectivity index (χ4v) is 3.94. The van der Waals surface area contributed by atoms with E-state index in [1.807, 2.05) is 0 Å². The molecule has 2 aliphatic rings. The predicted octanol–water partition coefficient (Wildman–Crippen LogP) is 3.66. The molecule has 0 radical (unpaired) electrons. The number of rotatable bonds is 5. The number of halogens is 3. The molecule has 2 aromatic heterocycles. The van der Waals surface area contributed by atoms with Crippen LogP contribution in [-0.2, 0) is 4.74 Å². The standard InChI is InChI=1S/C21H23F3N6O2/c22-11-7-15(23)18(16(24)8-11)28-21-27-17-9-25-20(26-12-1-3-14(31)4-2-12)29-19(17)30(21)13-5-6-32-10-13/h7-9,12-14,31H,1-6,10H2,(H,27,28)(H,25,26,29)/i3D2,14D. The van der Waals surface area contributed by atoms with Crippen LogP contribution in [0.2, 0.25) is 0 Å². The number of ether oxygens (including phenoxy) is 1. The number of nitrogens with one attached hydrogen (secondary N) is 2. The fraction of sp³-hybridized carbons (Fsp3) is 0.476. The van der Waals surface area contributed by atoms with Crippen molar-refractivity contribution < 1.29 is 27.1 Å². The zero-order valence-corrected chi connectivity index (χ0v) is 16.9. The maximum atomic E-state index is 14.3. The number of benzene rings is 1. The van der Waals surface area contributed by atoms with Crippen molar-refractivity contribution in [3.05, 3.63) is 35.8 Å². The van der Waals surface area contributed by atoms with Gasteiger partial charge >= 0.3 is 0 Å². The summed E-state index contributed by atoms with van der Waals surface area (Å²) >= 11 is 0. The Balaban J connectivity index is 1.49. The molecule has 8 nitrogen and oxygen atoms in total. The SMILES string of the molecule is [2H]C1([2H])CC(Nc2ncc3nc(Nc4c(F)cc(F)cc4F)n(C4CCOC4)c3n2)CCC1([2H])O. The van der Waals surface area contributed by atoms with E-state index in [2.05, 4.69) is 25.6 Å². The van der Waals surface area contributed by atoms with Crippen molar-refractivity contribution >= 4 is 28.7 Å². The minimum absolute atomic E-state index is 0.0554. The Hall–Kier alpha value is -2.92. The van der Waals surface area contributed by atoms with Crippen molar-refractivity contribution in [2.45, 2.75) is 50.2 Å². The van der Waals surface area contributed by atoms with E-state index in [1.54, 1.807) is 4.57 Å².